The van der Waals surface area contributed by atoms with Crippen molar-refractivity contribution < 1.29 is 23.1 Å². The smallest absolute Gasteiger partial charge is 0.264 e. The number of aryl methyl sites for hydroxylation is 1. The summed E-state index contributed by atoms with van der Waals surface area (Å²) in [4.78, 5) is 24.9. The Morgan fingerprint density at radius 1 is 1.04 bits per heavy atom. The molecule has 4 aliphatic rings. The molecule has 1 spiro atoms. The summed E-state index contributed by atoms with van der Waals surface area (Å²) in [6, 6.07) is 13.1. The van der Waals surface area contributed by atoms with E-state index in [-0.39, 0.29) is 28.7 Å². The highest BCUT2D eigenvalue weighted by molar-refractivity contribution is 7.90. The molecule has 1 aromatic heterocycles. The first-order chi connectivity index (χ1) is 22.5. The maximum absolute atomic E-state index is 13.5. The van der Waals surface area contributed by atoms with Crippen LogP contribution in [0.2, 0.25) is 5.02 Å². The fourth-order valence-corrected chi connectivity index (χ4v) is 9.96. The second-order valence-electron chi connectivity index (χ2n) is 14.3. The summed E-state index contributed by atoms with van der Waals surface area (Å²) in [5, 5.41) is 12.4. The zero-order chi connectivity index (χ0) is 33.0. The lowest BCUT2D eigenvalue weighted by Gasteiger charge is -2.49. The number of carbonyl (C=O) groups is 1. The third-order valence-corrected chi connectivity index (χ3v) is 13.6. The number of fused-ring (bicyclic) bond motifs is 4. The molecule has 1 fully saturated rings. The predicted octanol–water partition coefficient (Wildman–Crippen LogP) is 5.79. The molecule has 0 saturated heterocycles. The average molecular weight is 679 g/mol. The largest absolute Gasteiger partial charge is 0.490 e. The van der Waals surface area contributed by atoms with Crippen LogP contribution in [0.15, 0.2) is 54.9 Å². The van der Waals surface area contributed by atoms with Crippen molar-refractivity contribution in [1.82, 2.24) is 14.7 Å². The van der Waals surface area contributed by atoms with E-state index in [4.69, 9.17) is 16.3 Å². The van der Waals surface area contributed by atoms with Gasteiger partial charge >= 0.3 is 0 Å². The van der Waals surface area contributed by atoms with E-state index in [0.717, 1.165) is 42.8 Å². The standard InChI is InChI=1S/C36H43ClN4O5S/c1-23-6-3-15-36(43,34-38-16-5-17-39-34)30-11-8-27(30)20-41-21-35(14-4-7-25-18-28(37)10-12-29(25)35)22-46-32-13-9-26(19-31(32)41)33(42)40-47(44,45)24(23)2/h5,9-10,12-13,16-19,23-24,27,30,43H,3-4,6-8,11,14-15,20-22H2,1-2H3,(H,40,42)/t23-,24+,27-,30+,35-,36-/m0/s1. The molecule has 2 N–H and O–H groups in total. The maximum Gasteiger partial charge on any atom is 0.264 e. The number of anilines is 1. The molecule has 1 saturated carbocycles. The number of sulfonamides is 1. The number of carbonyl (C=O) groups excluding carboxylic acids is 1. The number of nitrogens with one attached hydrogen (secondary N) is 1. The number of amides is 1. The molecule has 0 unspecified atom stereocenters. The molecule has 0 radical (unpaired) electrons. The first-order valence-corrected chi connectivity index (χ1v) is 18.8. The maximum atomic E-state index is 13.5. The van der Waals surface area contributed by atoms with E-state index < -0.39 is 26.8 Å². The molecule has 2 aliphatic carbocycles. The molecule has 2 aliphatic heterocycles. The van der Waals surface area contributed by atoms with Crippen LogP contribution in [0.4, 0.5) is 5.69 Å². The van der Waals surface area contributed by atoms with E-state index in [1.54, 1.807) is 43.6 Å². The highest BCUT2D eigenvalue weighted by atomic mass is 35.5. The van der Waals surface area contributed by atoms with E-state index in [2.05, 4.69) is 31.7 Å². The van der Waals surface area contributed by atoms with Crippen molar-refractivity contribution in [2.24, 2.45) is 17.8 Å². The summed E-state index contributed by atoms with van der Waals surface area (Å²) < 4.78 is 35.8. The molecule has 3 aromatic rings. The summed E-state index contributed by atoms with van der Waals surface area (Å²) in [7, 11) is -3.97. The van der Waals surface area contributed by atoms with Gasteiger partial charge in [0.25, 0.3) is 5.91 Å². The minimum atomic E-state index is -3.97. The van der Waals surface area contributed by atoms with Gasteiger partial charge in [0.1, 0.15) is 11.4 Å². The Hall–Kier alpha value is -3.21. The summed E-state index contributed by atoms with van der Waals surface area (Å²) in [5.41, 5.74) is 1.92. The van der Waals surface area contributed by atoms with Crippen molar-refractivity contribution >= 4 is 33.2 Å². The molecule has 47 heavy (non-hydrogen) atoms. The molecular weight excluding hydrogens is 636 g/mol. The molecule has 7 rings (SSSR count). The van der Waals surface area contributed by atoms with Crippen LogP contribution < -0.4 is 14.4 Å². The number of halogens is 1. The highest BCUT2D eigenvalue weighted by Gasteiger charge is 2.51. The van der Waals surface area contributed by atoms with Gasteiger partial charge in [-0.25, -0.2) is 23.1 Å². The molecule has 6 atom stereocenters. The third kappa shape index (κ3) is 5.91. The minimum absolute atomic E-state index is 0.0817. The van der Waals surface area contributed by atoms with Gasteiger partial charge in [-0.1, -0.05) is 24.6 Å². The van der Waals surface area contributed by atoms with Gasteiger partial charge in [0.2, 0.25) is 10.0 Å². The van der Waals surface area contributed by atoms with Crippen molar-refractivity contribution in [2.45, 2.75) is 81.5 Å². The van der Waals surface area contributed by atoms with Gasteiger partial charge in [0, 0.05) is 41.5 Å². The van der Waals surface area contributed by atoms with Gasteiger partial charge in [-0.05, 0) is 124 Å². The second-order valence-corrected chi connectivity index (χ2v) is 16.8. The van der Waals surface area contributed by atoms with Crippen LogP contribution in [0, 0.1) is 17.8 Å². The molecule has 3 heterocycles. The second kappa shape index (κ2) is 12.3. The van der Waals surface area contributed by atoms with Crippen molar-refractivity contribution in [3.05, 3.63) is 82.4 Å². The van der Waals surface area contributed by atoms with Crippen LogP contribution >= 0.6 is 11.6 Å². The Morgan fingerprint density at radius 2 is 1.85 bits per heavy atom. The number of aromatic nitrogens is 2. The molecule has 2 bridgehead atoms. The van der Waals surface area contributed by atoms with E-state index in [0.29, 0.717) is 50.5 Å². The number of benzene rings is 2. The zero-order valence-corrected chi connectivity index (χ0v) is 28.6. The lowest BCUT2D eigenvalue weighted by Crippen LogP contribution is -2.52. The Labute approximate surface area is 282 Å². The first-order valence-electron chi connectivity index (χ1n) is 16.9. The number of nitrogens with zero attached hydrogens (tertiary/aromatic N) is 3. The van der Waals surface area contributed by atoms with Gasteiger partial charge in [-0.2, -0.15) is 0 Å². The number of hydrogen-bond acceptors (Lipinski definition) is 8. The molecule has 2 aromatic carbocycles. The van der Waals surface area contributed by atoms with Crippen LogP contribution in [-0.4, -0.2) is 54.3 Å². The first kappa shape index (κ1) is 32.3. The fraction of sp³-hybridized carbons (Fsp3) is 0.528. The van der Waals surface area contributed by atoms with E-state index in [1.807, 2.05) is 13.0 Å². The highest BCUT2D eigenvalue weighted by Crippen LogP contribution is 2.51. The summed E-state index contributed by atoms with van der Waals surface area (Å²) >= 11 is 6.44. The van der Waals surface area contributed by atoms with Gasteiger partial charge in [-0.3, -0.25) is 4.79 Å². The fourth-order valence-electron chi connectivity index (χ4n) is 8.46. The zero-order valence-electron chi connectivity index (χ0n) is 27.0. The van der Waals surface area contributed by atoms with Gasteiger partial charge in [0.15, 0.2) is 5.82 Å². The lowest BCUT2D eigenvalue weighted by atomic mass is 9.62. The third-order valence-electron chi connectivity index (χ3n) is 11.5. The number of rotatable bonds is 1. The molecule has 1 amide bonds. The van der Waals surface area contributed by atoms with Gasteiger partial charge in [0.05, 0.1) is 17.5 Å². The van der Waals surface area contributed by atoms with Crippen LogP contribution in [0.5, 0.6) is 5.75 Å². The Morgan fingerprint density at radius 3 is 2.62 bits per heavy atom. The van der Waals surface area contributed by atoms with Crippen molar-refractivity contribution in [1.29, 1.82) is 0 Å². The Bertz CT molecular complexity index is 1770. The predicted molar refractivity (Wildman–Crippen MR) is 181 cm³/mol. The molecular formula is C36H43ClN4O5S. The summed E-state index contributed by atoms with van der Waals surface area (Å²) in [5.74, 6) is 0.249. The quantitative estimate of drug-likeness (QED) is 0.332. The Balaban J connectivity index is 1.33. The monoisotopic (exact) mass is 678 g/mol. The van der Waals surface area contributed by atoms with Gasteiger partial charge < -0.3 is 14.7 Å². The number of hydrogen-bond donors (Lipinski definition) is 2. The SMILES string of the molecule is C[C@@H]1[C@@H](C)CCC[C@@](O)(c2ncccn2)[C@@H]2CC[C@H]2CN2C[C@@]3(CCCc4cc(Cl)ccc43)COc3ccc(cc32)C(=O)NS1(=O)=O. The van der Waals surface area contributed by atoms with Crippen molar-refractivity contribution in [2.75, 3.05) is 24.6 Å². The normalized spacial score (nSPS) is 32.2. The summed E-state index contributed by atoms with van der Waals surface area (Å²) in [6.07, 6.45) is 9.60. The van der Waals surface area contributed by atoms with Crippen LogP contribution in [0.3, 0.4) is 0 Å². The van der Waals surface area contributed by atoms with E-state index in [1.165, 1.54) is 11.1 Å². The average Bonchev–Trinajstić information content (AvgIpc) is 3.19. The lowest BCUT2D eigenvalue weighted by molar-refractivity contribution is -0.101. The molecule has 11 heteroatoms. The van der Waals surface area contributed by atoms with E-state index in [9.17, 15) is 18.3 Å². The molecule has 9 nitrogen and oxygen atoms in total. The van der Waals surface area contributed by atoms with Crippen molar-refractivity contribution in [3.63, 3.8) is 0 Å². The van der Waals surface area contributed by atoms with Crippen LogP contribution in [-0.2, 0) is 27.5 Å². The molecule has 250 valence electrons. The van der Waals surface area contributed by atoms with Crippen LogP contribution in [0.25, 0.3) is 0 Å². The topological polar surface area (TPSA) is 122 Å². The number of aliphatic hydroxyl groups is 1. The Kier molecular flexibility index (Phi) is 8.50. The van der Waals surface area contributed by atoms with Crippen LogP contribution in [0.1, 0.15) is 86.1 Å². The van der Waals surface area contributed by atoms with Crippen molar-refractivity contribution in [3.8, 4) is 5.75 Å². The summed E-state index contributed by atoms with van der Waals surface area (Å²) in [6.45, 7) is 5.27. The van der Waals surface area contributed by atoms with E-state index >= 15 is 0 Å². The van der Waals surface area contributed by atoms with Gasteiger partial charge in [-0.15, -0.1) is 0 Å². The minimum Gasteiger partial charge on any atom is -0.490 e. The number of ether oxygens (including phenoxy) is 1.